The first-order valence-corrected chi connectivity index (χ1v) is 14.7. The van der Waals surface area contributed by atoms with Gasteiger partial charge in [0, 0.05) is 37.8 Å². The molecule has 1 atom stereocenters. The number of benzene rings is 2. The van der Waals surface area contributed by atoms with E-state index in [0.29, 0.717) is 0 Å². The summed E-state index contributed by atoms with van der Waals surface area (Å²) >= 11 is 0. The molecule has 4 rings (SSSR count). The molecule has 0 saturated carbocycles. The summed E-state index contributed by atoms with van der Waals surface area (Å²) in [6.45, 7) is 11.6. The topological polar surface area (TPSA) is 39.7 Å². The predicted molar refractivity (Wildman–Crippen MR) is 178 cm³/mol. The Kier molecular flexibility index (Phi) is 10.8. The standard InChI is InChI=1S/C37H44N4/c1-6-7-8-9-13-20-32(38-3)26-31(29-17-11-10-12-18-29)27-34-28(2)23-24-30-19-16-25-41(5)37(30)40-36(34)33-21-14-15-22-35(33)39-4/h8-22,26,31,39-40H,2-3,6-7,23-25,27H2,1,4-5H3/b9-8-,20-13-,32-26-,36-34-. The normalized spacial score (nSPS) is 18.8. The Labute approximate surface area is 247 Å². The van der Waals surface area contributed by atoms with Crippen LogP contribution in [0.4, 0.5) is 5.69 Å². The Hall–Kier alpha value is -4.31. The van der Waals surface area contributed by atoms with E-state index in [1.54, 1.807) is 0 Å². The molecule has 2 aliphatic heterocycles. The first kappa shape index (κ1) is 29.7. The third kappa shape index (κ3) is 7.67. The Morgan fingerprint density at radius 1 is 1.10 bits per heavy atom. The van der Waals surface area contributed by atoms with Gasteiger partial charge < -0.3 is 15.5 Å². The lowest BCUT2D eigenvalue weighted by Crippen LogP contribution is -2.33. The van der Waals surface area contributed by atoms with Crippen molar-refractivity contribution in [2.45, 2.75) is 44.9 Å². The molecule has 1 unspecified atom stereocenters. The zero-order chi connectivity index (χ0) is 29.0. The van der Waals surface area contributed by atoms with Gasteiger partial charge in [-0.3, -0.25) is 4.99 Å². The van der Waals surface area contributed by atoms with Crippen molar-refractivity contribution in [3.63, 3.8) is 0 Å². The molecule has 4 heteroatoms. The van der Waals surface area contributed by atoms with Crippen molar-refractivity contribution in [1.82, 2.24) is 10.2 Å². The zero-order valence-corrected chi connectivity index (χ0v) is 24.9. The smallest absolute Gasteiger partial charge is 0.109 e. The van der Waals surface area contributed by atoms with E-state index in [9.17, 15) is 0 Å². The summed E-state index contributed by atoms with van der Waals surface area (Å²) in [6.07, 6.45) is 20.0. The lowest BCUT2D eigenvalue weighted by molar-refractivity contribution is 0.427. The van der Waals surface area contributed by atoms with Gasteiger partial charge >= 0.3 is 0 Å². The monoisotopic (exact) mass is 544 g/mol. The molecule has 0 bridgehead atoms. The highest BCUT2D eigenvalue weighted by Crippen LogP contribution is 2.39. The van der Waals surface area contributed by atoms with Crippen molar-refractivity contribution >= 4 is 18.1 Å². The summed E-state index contributed by atoms with van der Waals surface area (Å²) in [7, 11) is 4.14. The minimum atomic E-state index is 0.0862. The number of allylic oxidation sites excluding steroid dienone is 9. The molecular weight excluding hydrogens is 500 g/mol. The van der Waals surface area contributed by atoms with E-state index in [-0.39, 0.29) is 5.92 Å². The third-order valence-electron chi connectivity index (χ3n) is 7.69. The minimum absolute atomic E-state index is 0.0862. The van der Waals surface area contributed by atoms with Gasteiger partial charge in [-0.25, -0.2) is 0 Å². The van der Waals surface area contributed by atoms with Crippen molar-refractivity contribution < 1.29 is 0 Å². The Bertz CT molecular complexity index is 1400. The van der Waals surface area contributed by atoms with Crippen LogP contribution in [0.25, 0.3) is 5.70 Å². The molecule has 0 fully saturated rings. The Balaban J connectivity index is 1.86. The summed E-state index contributed by atoms with van der Waals surface area (Å²) in [5.41, 5.74) is 9.15. The van der Waals surface area contributed by atoms with E-state index >= 15 is 0 Å². The summed E-state index contributed by atoms with van der Waals surface area (Å²) < 4.78 is 0. The summed E-state index contributed by atoms with van der Waals surface area (Å²) in [4.78, 5) is 6.69. The van der Waals surface area contributed by atoms with Crippen LogP contribution in [-0.4, -0.2) is 32.3 Å². The van der Waals surface area contributed by atoms with Gasteiger partial charge in [0.1, 0.15) is 5.82 Å². The molecule has 2 aromatic carbocycles. The predicted octanol–water partition coefficient (Wildman–Crippen LogP) is 8.76. The number of nitrogens with zero attached hydrogens (tertiary/aromatic N) is 2. The second kappa shape index (κ2) is 14.9. The molecule has 212 valence electrons. The molecule has 0 saturated heterocycles. The van der Waals surface area contributed by atoms with Crippen LogP contribution in [0.3, 0.4) is 0 Å². The number of aliphatic imine (C=N–C) groups is 1. The van der Waals surface area contributed by atoms with Crippen LogP contribution < -0.4 is 10.6 Å². The number of hydrogen-bond donors (Lipinski definition) is 2. The number of hydrogen-bond acceptors (Lipinski definition) is 4. The maximum absolute atomic E-state index is 4.65. The molecule has 41 heavy (non-hydrogen) atoms. The highest BCUT2D eigenvalue weighted by Gasteiger charge is 2.25. The fourth-order valence-electron chi connectivity index (χ4n) is 5.40. The van der Waals surface area contributed by atoms with Gasteiger partial charge in [0.2, 0.25) is 0 Å². The molecule has 2 aliphatic rings. The van der Waals surface area contributed by atoms with Crippen LogP contribution in [-0.2, 0) is 0 Å². The van der Waals surface area contributed by atoms with Gasteiger partial charge in [-0.05, 0) is 66.8 Å². The van der Waals surface area contributed by atoms with Gasteiger partial charge in [-0.2, -0.15) is 0 Å². The largest absolute Gasteiger partial charge is 0.388 e. The van der Waals surface area contributed by atoms with Crippen molar-refractivity contribution in [2.75, 3.05) is 26.0 Å². The summed E-state index contributed by atoms with van der Waals surface area (Å²) in [6, 6.07) is 19.2. The Morgan fingerprint density at radius 3 is 2.63 bits per heavy atom. The van der Waals surface area contributed by atoms with Crippen molar-refractivity contribution in [2.24, 2.45) is 4.99 Å². The second-order valence-electron chi connectivity index (χ2n) is 10.6. The quantitative estimate of drug-likeness (QED) is 0.219. The van der Waals surface area contributed by atoms with Crippen molar-refractivity contribution in [3.05, 3.63) is 143 Å². The molecule has 0 aromatic heterocycles. The van der Waals surface area contributed by atoms with Gasteiger partial charge in [-0.1, -0.05) is 105 Å². The number of rotatable bonds is 11. The van der Waals surface area contributed by atoms with E-state index < -0.39 is 0 Å². The maximum Gasteiger partial charge on any atom is 0.109 e. The van der Waals surface area contributed by atoms with E-state index in [0.717, 1.165) is 66.9 Å². The zero-order valence-electron chi connectivity index (χ0n) is 24.9. The summed E-state index contributed by atoms with van der Waals surface area (Å²) in [5.74, 6) is 1.25. The van der Waals surface area contributed by atoms with Crippen LogP contribution in [0.1, 0.15) is 56.1 Å². The molecule has 0 aliphatic carbocycles. The molecule has 2 heterocycles. The van der Waals surface area contributed by atoms with Gasteiger partial charge in [0.05, 0.1) is 11.4 Å². The first-order chi connectivity index (χ1) is 20.0. The van der Waals surface area contributed by atoms with Crippen LogP contribution >= 0.6 is 0 Å². The number of nitrogens with one attached hydrogen (secondary N) is 2. The molecule has 2 N–H and O–H groups in total. The lowest BCUT2D eigenvalue weighted by Gasteiger charge is -2.33. The average Bonchev–Trinajstić information content (AvgIpc) is 3.00. The fraction of sp³-hybridized carbons (Fsp3) is 0.270. The average molecular weight is 545 g/mol. The molecular formula is C37H44N4. The van der Waals surface area contributed by atoms with Gasteiger partial charge in [0.25, 0.3) is 0 Å². The van der Waals surface area contributed by atoms with Gasteiger partial charge in [0.15, 0.2) is 0 Å². The fourth-order valence-corrected chi connectivity index (χ4v) is 5.40. The number of likely N-dealkylation sites (N-methyl/N-ethyl adjacent to an activating group) is 1. The van der Waals surface area contributed by atoms with E-state index in [1.807, 2.05) is 13.1 Å². The highest BCUT2D eigenvalue weighted by molar-refractivity contribution is 5.80. The molecule has 0 radical (unpaired) electrons. The van der Waals surface area contributed by atoms with E-state index in [2.05, 4.69) is 139 Å². The molecule has 2 aromatic rings. The number of unbranched alkanes of at least 4 members (excludes halogenated alkanes) is 1. The molecule has 4 nitrogen and oxygen atoms in total. The number of para-hydroxylation sites is 1. The maximum atomic E-state index is 4.65. The lowest BCUT2D eigenvalue weighted by atomic mass is 9.83. The SMILES string of the molecule is C=NC(/C=C\C=C/CCC)=C\C(C/C1=C(\c2ccccc2NC)NC2=C(C=CCN2C)CCC1=C)c1ccccc1. The third-order valence-corrected chi connectivity index (χ3v) is 7.69. The van der Waals surface area contributed by atoms with E-state index in [1.165, 1.54) is 22.5 Å². The highest BCUT2D eigenvalue weighted by atomic mass is 15.2. The van der Waals surface area contributed by atoms with Crippen molar-refractivity contribution in [1.29, 1.82) is 0 Å². The van der Waals surface area contributed by atoms with Crippen LogP contribution in [0.2, 0.25) is 0 Å². The molecule has 0 amide bonds. The first-order valence-electron chi connectivity index (χ1n) is 14.7. The van der Waals surface area contributed by atoms with Crippen LogP contribution in [0.15, 0.2) is 137 Å². The van der Waals surface area contributed by atoms with Crippen LogP contribution in [0.5, 0.6) is 0 Å². The van der Waals surface area contributed by atoms with Crippen molar-refractivity contribution in [3.8, 4) is 0 Å². The van der Waals surface area contributed by atoms with Crippen LogP contribution in [0, 0.1) is 0 Å². The number of anilines is 1. The Morgan fingerprint density at radius 2 is 1.88 bits per heavy atom. The van der Waals surface area contributed by atoms with E-state index in [4.69, 9.17) is 0 Å². The van der Waals surface area contributed by atoms with Gasteiger partial charge in [-0.15, -0.1) is 0 Å². The molecule has 0 spiro atoms. The summed E-state index contributed by atoms with van der Waals surface area (Å²) in [5, 5.41) is 7.32. The second-order valence-corrected chi connectivity index (χ2v) is 10.6. The minimum Gasteiger partial charge on any atom is -0.388 e.